The number of hydrogen-bond donors (Lipinski definition) is 2. The highest BCUT2D eigenvalue weighted by molar-refractivity contribution is 6.22. The molecule has 2 atom stereocenters. The van der Waals surface area contributed by atoms with Gasteiger partial charge in [-0.05, 0) is 49.8 Å². The monoisotopic (exact) mass is 399 g/mol. The van der Waals surface area contributed by atoms with Crippen molar-refractivity contribution >= 4 is 17.7 Å². The van der Waals surface area contributed by atoms with Crippen molar-refractivity contribution in [1.82, 2.24) is 10.2 Å². The summed E-state index contributed by atoms with van der Waals surface area (Å²) in [5, 5.41) is 3.05. The first-order valence-electron chi connectivity index (χ1n) is 10.7. The number of benzene rings is 1. The van der Waals surface area contributed by atoms with Crippen LogP contribution in [0.4, 0.5) is 0 Å². The lowest BCUT2D eigenvalue weighted by Gasteiger charge is -2.30. The lowest BCUT2D eigenvalue weighted by atomic mass is 9.84. The van der Waals surface area contributed by atoms with E-state index >= 15 is 0 Å². The molecular weight excluding hydrogens is 370 g/mol. The van der Waals surface area contributed by atoms with Gasteiger partial charge < -0.3 is 15.8 Å². The molecule has 2 heterocycles. The van der Waals surface area contributed by atoms with Gasteiger partial charge in [0.15, 0.2) is 0 Å². The minimum Gasteiger partial charge on any atom is -0.376 e. The zero-order valence-corrected chi connectivity index (χ0v) is 16.7. The molecule has 0 bridgehead atoms. The van der Waals surface area contributed by atoms with Crippen molar-refractivity contribution < 1.29 is 19.1 Å². The van der Waals surface area contributed by atoms with Gasteiger partial charge in [-0.1, -0.05) is 19.3 Å². The molecule has 29 heavy (non-hydrogen) atoms. The van der Waals surface area contributed by atoms with Gasteiger partial charge in [0.05, 0.1) is 23.8 Å². The molecule has 2 aliphatic heterocycles. The molecule has 2 unspecified atom stereocenters. The molecule has 0 radical (unpaired) electrons. The first kappa shape index (κ1) is 20.0. The van der Waals surface area contributed by atoms with E-state index in [9.17, 15) is 14.4 Å². The molecule has 2 fully saturated rings. The summed E-state index contributed by atoms with van der Waals surface area (Å²) in [6, 6.07) is 4.67. The summed E-state index contributed by atoms with van der Waals surface area (Å²) in [5.41, 5.74) is 6.96. The van der Waals surface area contributed by atoms with Gasteiger partial charge in [0, 0.05) is 24.8 Å². The lowest BCUT2D eigenvalue weighted by Crippen LogP contribution is -2.45. The second-order valence-electron chi connectivity index (χ2n) is 8.33. The highest BCUT2D eigenvalue weighted by atomic mass is 16.5. The number of nitrogens with one attached hydrogen (secondary N) is 1. The average Bonchev–Trinajstić information content (AvgIpc) is 3.35. The van der Waals surface area contributed by atoms with Crippen molar-refractivity contribution in [1.29, 1.82) is 0 Å². The highest BCUT2D eigenvalue weighted by Gasteiger charge is 2.38. The Morgan fingerprint density at radius 1 is 1.10 bits per heavy atom. The molecule has 156 valence electrons. The Morgan fingerprint density at radius 2 is 1.86 bits per heavy atom. The molecule has 0 aromatic heterocycles. The van der Waals surface area contributed by atoms with E-state index in [1.54, 1.807) is 12.1 Å². The fraction of sp³-hybridized carbons (Fsp3) is 0.591. The van der Waals surface area contributed by atoms with Crippen molar-refractivity contribution in [3.8, 4) is 0 Å². The van der Waals surface area contributed by atoms with Crippen molar-refractivity contribution in [2.24, 2.45) is 11.7 Å². The second kappa shape index (κ2) is 8.63. The smallest absolute Gasteiger partial charge is 0.261 e. The fourth-order valence-corrected chi connectivity index (χ4v) is 4.75. The Hall–Kier alpha value is -2.25. The summed E-state index contributed by atoms with van der Waals surface area (Å²) >= 11 is 0. The molecule has 1 aliphatic carbocycles. The van der Waals surface area contributed by atoms with Crippen LogP contribution in [0.25, 0.3) is 0 Å². The van der Waals surface area contributed by atoms with Crippen LogP contribution in [0.1, 0.15) is 76.0 Å². The van der Waals surface area contributed by atoms with Crippen molar-refractivity contribution in [2.75, 3.05) is 19.7 Å². The topological polar surface area (TPSA) is 102 Å². The fourth-order valence-electron chi connectivity index (χ4n) is 4.75. The van der Waals surface area contributed by atoms with Crippen LogP contribution in [0.2, 0.25) is 0 Å². The molecule has 1 aromatic rings. The first-order chi connectivity index (χ1) is 14.1. The maximum Gasteiger partial charge on any atom is 0.261 e. The standard InChI is InChI=1S/C22H29N3O4/c23-12-19(14-5-2-1-3-6-14)24-20(26)15-8-9-17-18(11-15)22(28)25(21(17)27)13-16-7-4-10-29-16/h8-9,11,14,16,19H,1-7,10,12-13,23H2,(H,24,26). The van der Waals surface area contributed by atoms with E-state index in [-0.39, 0.29) is 36.4 Å². The third-order valence-electron chi connectivity index (χ3n) is 6.43. The number of carbonyl (C=O) groups excluding carboxylic acids is 3. The van der Waals surface area contributed by atoms with Crippen LogP contribution in [0.3, 0.4) is 0 Å². The normalized spacial score (nSPS) is 23.3. The average molecular weight is 399 g/mol. The van der Waals surface area contributed by atoms with Crippen LogP contribution in [0.15, 0.2) is 18.2 Å². The highest BCUT2D eigenvalue weighted by Crippen LogP contribution is 2.28. The molecule has 7 nitrogen and oxygen atoms in total. The molecule has 1 aromatic carbocycles. The number of imide groups is 1. The molecule has 7 heteroatoms. The molecule has 3 N–H and O–H groups in total. The van der Waals surface area contributed by atoms with Crippen LogP contribution in [-0.2, 0) is 4.74 Å². The van der Waals surface area contributed by atoms with Gasteiger partial charge in [-0.15, -0.1) is 0 Å². The van der Waals surface area contributed by atoms with Gasteiger partial charge in [0.2, 0.25) is 0 Å². The summed E-state index contributed by atoms with van der Waals surface area (Å²) in [5.74, 6) is -0.504. The number of nitrogens with two attached hydrogens (primary N) is 1. The van der Waals surface area contributed by atoms with Crippen LogP contribution in [0.5, 0.6) is 0 Å². The lowest BCUT2D eigenvalue weighted by molar-refractivity contribution is 0.0475. The third kappa shape index (κ3) is 4.07. The molecule has 3 aliphatic rings. The van der Waals surface area contributed by atoms with Crippen molar-refractivity contribution in [3.05, 3.63) is 34.9 Å². The molecule has 3 amide bonds. The summed E-state index contributed by atoms with van der Waals surface area (Å²) in [6.07, 6.45) is 7.45. The Balaban J connectivity index is 1.47. The van der Waals surface area contributed by atoms with E-state index in [1.165, 1.54) is 30.2 Å². The summed E-state index contributed by atoms with van der Waals surface area (Å²) in [7, 11) is 0. The van der Waals surface area contributed by atoms with Gasteiger partial charge in [-0.2, -0.15) is 0 Å². The van der Waals surface area contributed by atoms with Crippen LogP contribution >= 0.6 is 0 Å². The molecule has 4 rings (SSSR count). The zero-order chi connectivity index (χ0) is 20.4. The summed E-state index contributed by atoms with van der Waals surface area (Å²) in [6.45, 7) is 1.33. The van der Waals surface area contributed by atoms with Gasteiger partial charge in [-0.3, -0.25) is 19.3 Å². The first-order valence-corrected chi connectivity index (χ1v) is 10.7. The van der Waals surface area contributed by atoms with Crippen LogP contribution < -0.4 is 11.1 Å². The quantitative estimate of drug-likeness (QED) is 0.714. The maximum absolute atomic E-state index is 12.8. The van der Waals surface area contributed by atoms with E-state index < -0.39 is 0 Å². The minimum atomic E-state index is -0.349. The van der Waals surface area contributed by atoms with E-state index in [0.29, 0.717) is 35.8 Å². The molecule has 1 saturated heterocycles. The molecular formula is C22H29N3O4. The number of rotatable bonds is 6. The van der Waals surface area contributed by atoms with E-state index in [4.69, 9.17) is 10.5 Å². The Bertz CT molecular complexity index is 797. The van der Waals surface area contributed by atoms with E-state index in [1.807, 2.05) is 0 Å². The van der Waals surface area contributed by atoms with Gasteiger partial charge >= 0.3 is 0 Å². The number of fused-ring (bicyclic) bond motifs is 1. The predicted molar refractivity (Wildman–Crippen MR) is 108 cm³/mol. The summed E-state index contributed by atoms with van der Waals surface area (Å²) < 4.78 is 5.56. The SMILES string of the molecule is NCC(NC(=O)c1ccc2c(c1)C(=O)N(CC1CCCO1)C2=O)C1CCCCC1. The van der Waals surface area contributed by atoms with Crippen LogP contribution in [0, 0.1) is 5.92 Å². The Labute approximate surface area is 171 Å². The van der Waals surface area contributed by atoms with Gasteiger partial charge in [0.1, 0.15) is 0 Å². The van der Waals surface area contributed by atoms with Gasteiger partial charge in [0.25, 0.3) is 17.7 Å². The number of amides is 3. The Kier molecular flexibility index (Phi) is 5.96. The van der Waals surface area contributed by atoms with Crippen molar-refractivity contribution in [2.45, 2.75) is 57.1 Å². The third-order valence-corrected chi connectivity index (χ3v) is 6.43. The largest absolute Gasteiger partial charge is 0.376 e. The van der Waals surface area contributed by atoms with E-state index in [2.05, 4.69) is 5.32 Å². The minimum absolute atomic E-state index is 0.0654. The second-order valence-corrected chi connectivity index (χ2v) is 8.33. The van der Waals surface area contributed by atoms with Crippen molar-refractivity contribution in [3.63, 3.8) is 0 Å². The number of ether oxygens (including phenoxy) is 1. The van der Waals surface area contributed by atoms with Crippen LogP contribution in [-0.4, -0.2) is 54.5 Å². The van der Waals surface area contributed by atoms with E-state index in [0.717, 1.165) is 25.7 Å². The number of nitrogens with zero attached hydrogens (tertiary/aromatic N) is 1. The molecule has 1 saturated carbocycles. The Morgan fingerprint density at radius 3 is 2.55 bits per heavy atom. The zero-order valence-electron chi connectivity index (χ0n) is 16.7. The maximum atomic E-state index is 12.8. The number of hydrogen-bond acceptors (Lipinski definition) is 5. The molecule has 0 spiro atoms. The van der Waals surface area contributed by atoms with Gasteiger partial charge in [-0.25, -0.2) is 0 Å². The summed E-state index contributed by atoms with van der Waals surface area (Å²) in [4.78, 5) is 39.5. The number of carbonyl (C=O) groups is 3. The predicted octanol–water partition coefficient (Wildman–Crippen LogP) is 2.10.